The second kappa shape index (κ2) is 15.1. The van der Waals surface area contributed by atoms with Crippen LogP contribution in [-0.2, 0) is 9.59 Å². The van der Waals surface area contributed by atoms with Crippen molar-refractivity contribution in [3.63, 3.8) is 0 Å². The number of rotatable bonds is 12. The zero-order chi connectivity index (χ0) is 23.1. The molecule has 0 spiro atoms. The van der Waals surface area contributed by atoms with Crippen molar-refractivity contribution in [2.24, 2.45) is 0 Å². The van der Waals surface area contributed by atoms with E-state index in [1.165, 1.54) is 24.8 Å². The molecule has 1 atom stereocenters. The van der Waals surface area contributed by atoms with Crippen molar-refractivity contribution in [2.45, 2.75) is 46.1 Å². The quantitative estimate of drug-likeness (QED) is 0.298. The second-order valence-electron chi connectivity index (χ2n) is 7.30. The summed E-state index contributed by atoms with van der Waals surface area (Å²) in [5.74, 6) is -3.65. The number of nitrogens with zero attached hydrogens (tertiary/aromatic N) is 2. The molecule has 1 aromatic heterocycles. The number of carboxylic acid groups (broad SMARTS) is 2. The summed E-state index contributed by atoms with van der Waals surface area (Å²) in [6.45, 7) is 12.3. The van der Waals surface area contributed by atoms with Crippen LogP contribution in [0.2, 0.25) is 0 Å². The molecular formula is C23H36N4O4. The number of carbonyl (C=O) groups is 2. The number of hydrogen-bond acceptors (Lipinski definition) is 6. The van der Waals surface area contributed by atoms with E-state index in [1.807, 2.05) is 12.3 Å². The molecule has 0 radical (unpaired) electrons. The van der Waals surface area contributed by atoms with Crippen molar-refractivity contribution in [3.05, 3.63) is 36.5 Å². The Hall–Kier alpha value is -2.71. The lowest BCUT2D eigenvalue weighted by Gasteiger charge is -2.19. The predicted octanol–water partition coefficient (Wildman–Crippen LogP) is 3.29. The molecule has 0 bridgehead atoms. The van der Waals surface area contributed by atoms with E-state index in [0.717, 1.165) is 43.8 Å². The van der Waals surface area contributed by atoms with E-state index in [2.05, 4.69) is 65.6 Å². The van der Waals surface area contributed by atoms with Gasteiger partial charge >= 0.3 is 11.9 Å². The highest BCUT2D eigenvalue weighted by Gasteiger charge is 2.05. The molecule has 0 aliphatic heterocycles. The molecule has 0 saturated carbocycles. The van der Waals surface area contributed by atoms with Crippen LogP contribution < -0.4 is 10.6 Å². The highest BCUT2D eigenvalue weighted by Crippen LogP contribution is 2.20. The number of carboxylic acids is 2. The molecule has 1 aromatic carbocycles. The first-order chi connectivity index (χ1) is 14.9. The van der Waals surface area contributed by atoms with Gasteiger partial charge in [0.25, 0.3) is 0 Å². The number of aromatic nitrogens is 1. The largest absolute Gasteiger partial charge is 0.473 e. The number of hydrogen-bond donors (Lipinski definition) is 4. The zero-order valence-corrected chi connectivity index (χ0v) is 18.8. The number of fused-ring (bicyclic) bond motifs is 1. The SMILES string of the molecule is CCN(CC)CCCC(C)NCCCNc1cccc2cccnc12.O=C(O)C(=O)O. The van der Waals surface area contributed by atoms with Crippen LogP contribution in [0.5, 0.6) is 0 Å². The van der Waals surface area contributed by atoms with E-state index in [4.69, 9.17) is 19.8 Å². The molecule has 0 aliphatic rings. The number of pyridine rings is 1. The van der Waals surface area contributed by atoms with Crippen LogP contribution in [0.15, 0.2) is 36.5 Å². The summed E-state index contributed by atoms with van der Waals surface area (Å²) in [5.41, 5.74) is 2.19. The van der Waals surface area contributed by atoms with Gasteiger partial charge in [0.2, 0.25) is 0 Å². The highest BCUT2D eigenvalue weighted by atomic mass is 16.4. The van der Waals surface area contributed by atoms with Crippen LogP contribution in [-0.4, -0.2) is 70.8 Å². The summed E-state index contributed by atoms with van der Waals surface area (Å²) in [4.78, 5) is 25.2. The molecule has 172 valence electrons. The van der Waals surface area contributed by atoms with Gasteiger partial charge in [-0.15, -0.1) is 0 Å². The van der Waals surface area contributed by atoms with Gasteiger partial charge in [0.1, 0.15) is 0 Å². The van der Waals surface area contributed by atoms with Crippen LogP contribution in [0.1, 0.15) is 40.0 Å². The summed E-state index contributed by atoms with van der Waals surface area (Å²) in [7, 11) is 0. The zero-order valence-electron chi connectivity index (χ0n) is 18.8. The Morgan fingerprint density at radius 3 is 2.35 bits per heavy atom. The van der Waals surface area contributed by atoms with Crippen LogP contribution in [0.25, 0.3) is 10.9 Å². The Morgan fingerprint density at radius 1 is 1.03 bits per heavy atom. The third-order valence-electron chi connectivity index (χ3n) is 4.98. The summed E-state index contributed by atoms with van der Waals surface area (Å²) in [5, 5.41) is 23.1. The molecule has 0 amide bonds. The Kier molecular flexibility index (Phi) is 12.9. The lowest BCUT2D eigenvalue weighted by Crippen LogP contribution is -2.30. The molecule has 31 heavy (non-hydrogen) atoms. The average Bonchev–Trinajstić information content (AvgIpc) is 2.77. The van der Waals surface area contributed by atoms with Crippen molar-refractivity contribution in [1.29, 1.82) is 0 Å². The van der Waals surface area contributed by atoms with E-state index < -0.39 is 11.9 Å². The van der Waals surface area contributed by atoms with Crippen molar-refractivity contribution >= 4 is 28.5 Å². The number of benzene rings is 1. The second-order valence-corrected chi connectivity index (χ2v) is 7.30. The van der Waals surface area contributed by atoms with Gasteiger partial charge in [-0.1, -0.05) is 32.0 Å². The van der Waals surface area contributed by atoms with Gasteiger partial charge in [-0.25, -0.2) is 9.59 Å². The number of aliphatic carboxylic acids is 2. The van der Waals surface area contributed by atoms with Crippen LogP contribution in [0.3, 0.4) is 0 Å². The smallest absolute Gasteiger partial charge is 0.414 e. The predicted molar refractivity (Wildman–Crippen MR) is 125 cm³/mol. The van der Waals surface area contributed by atoms with E-state index in [0.29, 0.717) is 6.04 Å². The fourth-order valence-electron chi connectivity index (χ4n) is 3.17. The van der Waals surface area contributed by atoms with E-state index in [9.17, 15) is 0 Å². The van der Waals surface area contributed by atoms with Gasteiger partial charge in [-0.2, -0.15) is 0 Å². The monoisotopic (exact) mass is 432 g/mol. The molecule has 2 aromatic rings. The van der Waals surface area contributed by atoms with Crippen LogP contribution in [0, 0.1) is 0 Å². The van der Waals surface area contributed by atoms with Crippen molar-refractivity contribution < 1.29 is 19.8 Å². The topological polar surface area (TPSA) is 115 Å². The first kappa shape index (κ1) is 26.3. The van der Waals surface area contributed by atoms with Gasteiger partial charge in [0.15, 0.2) is 0 Å². The van der Waals surface area contributed by atoms with Gasteiger partial charge in [-0.3, -0.25) is 4.98 Å². The van der Waals surface area contributed by atoms with E-state index >= 15 is 0 Å². The fraction of sp³-hybridized carbons (Fsp3) is 0.522. The Bertz CT molecular complexity index is 779. The third kappa shape index (κ3) is 10.8. The standard InChI is InChI=1S/C21H34N4.C2H2O4/c1-4-25(5-2)17-8-10-18(3)22-15-9-16-23-20-13-6-11-19-12-7-14-24-21(19)20;3-1(4)2(5)6/h6-7,11-14,18,22-23H,4-5,8-10,15-17H2,1-3H3;(H,3,4)(H,5,6). The molecule has 0 fully saturated rings. The number of anilines is 1. The molecule has 1 heterocycles. The van der Waals surface area contributed by atoms with Crippen LogP contribution >= 0.6 is 0 Å². The minimum Gasteiger partial charge on any atom is -0.473 e. The maximum absolute atomic E-state index is 9.10. The summed E-state index contributed by atoms with van der Waals surface area (Å²) in [6.07, 6.45) is 5.49. The van der Waals surface area contributed by atoms with E-state index in [-0.39, 0.29) is 0 Å². The van der Waals surface area contributed by atoms with E-state index in [1.54, 1.807) is 0 Å². The van der Waals surface area contributed by atoms with Gasteiger partial charge in [0.05, 0.1) is 11.2 Å². The van der Waals surface area contributed by atoms with Gasteiger partial charge in [-0.05, 0) is 64.5 Å². The maximum Gasteiger partial charge on any atom is 0.414 e. The Morgan fingerprint density at radius 2 is 1.71 bits per heavy atom. The number of nitrogens with one attached hydrogen (secondary N) is 2. The van der Waals surface area contributed by atoms with Gasteiger partial charge < -0.3 is 25.7 Å². The molecule has 1 unspecified atom stereocenters. The lowest BCUT2D eigenvalue weighted by molar-refractivity contribution is -0.159. The molecule has 2 rings (SSSR count). The van der Waals surface area contributed by atoms with Crippen molar-refractivity contribution in [3.8, 4) is 0 Å². The normalized spacial score (nSPS) is 11.6. The minimum atomic E-state index is -1.82. The van der Waals surface area contributed by atoms with Crippen LogP contribution in [0.4, 0.5) is 5.69 Å². The highest BCUT2D eigenvalue weighted by molar-refractivity contribution is 6.27. The lowest BCUT2D eigenvalue weighted by atomic mass is 10.1. The molecule has 0 aliphatic carbocycles. The van der Waals surface area contributed by atoms with Crippen molar-refractivity contribution in [1.82, 2.24) is 15.2 Å². The fourth-order valence-corrected chi connectivity index (χ4v) is 3.17. The first-order valence-corrected chi connectivity index (χ1v) is 10.9. The van der Waals surface area contributed by atoms with Gasteiger partial charge in [0, 0.05) is 24.2 Å². The molecule has 0 saturated heterocycles. The third-order valence-corrected chi connectivity index (χ3v) is 4.98. The molecule has 4 N–H and O–H groups in total. The molecule has 8 nitrogen and oxygen atoms in total. The minimum absolute atomic E-state index is 0.592. The summed E-state index contributed by atoms with van der Waals surface area (Å²) >= 11 is 0. The first-order valence-electron chi connectivity index (χ1n) is 10.9. The summed E-state index contributed by atoms with van der Waals surface area (Å²) < 4.78 is 0. The molecule has 8 heteroatoms. The maximum atomic E-state index is 9.10. The Balaban J connectivity index is 0.000000703. The van der Waals surface area contributed by atoms with Crippen molar-refractivity contribution in [2.75, 3.05) is 38.0 Å². The average molecular weight is 433 g/mol. The number of para-hydroxylation sites is 1. The Labute approximate surface area is 184 Å². The summed E-state index contributed by atoms with van der Waals surface area (Å²) in [6, 6.07) is 11.0. The molecular weight excluding hydrogens is 396 g/mol.